The van der Waals surface area contributed by atoms with Crippen LogP contribution in [0.25, 0.3) is 0 Å². The molecule has 128 valence electrons. The van der Waals surface area contributed by atoms with Crippen molar-refractivity contribution in [3.8, 4) is 0 Å². The molecule has 0 aromatic carbocycles. The van der Waals surface area contributed by atoms with Crippen LogP contribution in [-0.4, -0.2) is 60.8 Å². The zero-order valence-corrected chi connectivity index (χ0v) is 12.4. The van der Waals surface area contributed by atoms with Gasteiger partial charge in [0.2, 0.25) is 0 Å². The number of carbonyl (C=O) groups is 1. The quantitative estimate of drug-likeness (QED) is 0.821. The van der Waals surface area contributed by atoms with E-state index >= 15 is 0 Å². The molecule has 1 aromatic rings. The van der Waals surface area contributed by atoms with Crippen LogP contribution in [0.4, 0.5) is 23.8 Å². The molecule has 1 N–H and O–H groups in total. The van der Waals surface area contributed by atoms with Crippen LogP contribution in [0.5, 0.6) is 0 Å². The van der Waals surface area contributed by atoms with E-state index in [2.05, 4.69) is 4.98 Å². The summed E-state index contributed by atoms with van der Waals surface area (Å²) in [7, 11) is 2.83. The molecule has 23 heavy (non-hydrogen) atoms. The van der Waals surface area contributed by atoms with Crippen molar-refractivity contribution in [3.05, 3.63) is 23.9 Å². The summed E-state index contributed by atoms with van der Waals surface area (Å²) in [5, 5.41) is 10.2. The van der Waals surface area contributed by atoms with Crippen LogP contribution in [0.3, 0.4) is 0 Å². The Labute approximate surface area is 130 Å². The topological polar surface area (TPSA) is 75.1 Å². The van der Waals surface area contributed by atoms with E-state index in [1.165, 1.54) is 14.2 Å². The molecule has 7 nitrogen and oxygen atoms in total. The van der Waals surface area contributed by atoms with Gasteiger partial charge in [-0.2, -0.15) is 13.2 Å². The number of rotatable bonds is 5. The number of carbonyl (C=O) groups excluding carboxylic acids is 1. The van der Waals surface area contributed by atoms with Gasteiger partial charge in [0.1, 0.15) is 5.82 Å². The van der Waals surface area contributed by atoms with E-state index in [1.54, 1.807) is 0 Å². The molecule has 2 unspecified atom stereocenters. The first-order valence-corrected chi connectivity index (χ1v) is 6.65. The third-order valence-electron chi connectivity index (χ3n) is 3.30. The molecule has 1 aliphatic heterocycles. The SMILES string of the molecule is COCCOC1C(O)N(c2cc(C(F)(F)F)ccn2)C(=O)N1C. The molecule has 2 atom stereocenters. The van der Waals surface area contributed by atoms with E-state index in [4.69, 9.17) is 9.47 Å². The Morgan fingerprint density at radius 2 is 2.09 bits per heavy atom. The number of hydrogen-bond donors (Lipinski definition) is 1. The molecular formula is C13H16F3N3O4. The third-order valence-corrected chi connectivity index (χ3v) is 3.30. The number of likely N-dealkylation sites (N-methyl/N-ethyl adjacent to an activating group) is 1. The zero-order chi connectivity index (χ0) is 17.2. The van der Waals surface area contributed by atoms with E-state index in [1.807, 2.05) is 0 Å². The standard InChI is InChI=1S/C13H16F3N3O4/c1-18-11(23-6-5-22-2)10(20)19(12(18)21)9-7-8(3-4-17-9)13(14,15)16/h3-4,7,10-11,20H,5-6H2,1-2H3. The minimum atomic E-state index is -4.58. The molecule has 1 aromatic heterocycles. The second-order valence-electron chi connectivity index (χ2n) is 4.83. The maximum Gasteiger partial charge on any atom is 0.416 e. The van der Waals surface area contributed by atoms with Gasteiger partial charge in [-0.1, -0.05) is 0 Å². The Hall–Kier alpha value is -1.91. The number of nitrogens with zero attached hydrogens (tertiary/aromatic N) is 3. The second-order valence-corrected chi connectivity index (χ2v) is 4.83. The predicted octanol–water partition coefficient (Wildman–Crippen LogP) is 1.28. The summed E-state index contributed by atoms with van der Waals surface area (Å²) in [4.78, 5) is 17.8. The molecule has 0 radical (unpaired) electrons. The number of anilines is 1. The minimum Gasteiger partial charge on any atom is -0.382 e. The third kappa shape index (κ3) is 3.54. The first-order chi connectivity index (χ1) is 10.8. The van der Waals surface area contributed by atoms with Gasteiger partial charge in [-0.15, -0.1) is 0 Å². The van der Waals surface area contributed by atoms with Crippen molar-refractivity contribution in [1.82, 2.24) is 9.88 Å². The Balaban J connectivity index is 2.24. The molecule has 2 heterocycles. The summed E-state index contributed by atoms with van der Waals surface area (Å²) in [6, 6.07) is 0.769. The molecule has 1 aliphatic rings. The van der Waals surface area contributed by atoms with Gasteiger partial charge in [-0.05, 0) is 12.1 Å². The number of alkyl halides is 3. The van der Waals surface area contributed by atoms with Crippen LogP contribution in [-0.2, 0) is 15.7 Å². The Morgan fingerprint density at radius 3 is 2.70 bits per heavy atom. The number of aromatic nitrogens is 1. The van der Waals surface area contributed by atoms with Crippen LogP contribution in [0, 0.1) is 0 Å². The molecule has 0 spiro atoms. The number of aliphatic hydroxyl groups excluding tert-OH is 1. The molecule has 2 amide bonds. The largest absolute Gasteiger partial charge is 0.416 e. The summed E-state index contributed by atoms with van der Waals surface area (Å²) in [6.45, 7) is 0.354. The molecule has 0 bridgehead atoms. The lowest BCUT2D eigenvalue weighted by Gasteiger charge is -2.22. The number of pyridine rings is 1. The highest BCUT2D eigenvalue weighted by molar-refractivity contribution is 5.93. The number of hydrogen-bond acceptors (Lipinski definition) is 5. The van der Waals surface area contributed by atoms with Crippen molar-refractivity contribution in [1.29, 1.82) is 0 Å². The average Bonchev–Trinajstić information content (AvgIpc) is 2.70. The summed E-state index contributed by atoms with van der Waals surface area (Å²) >= 11 is 0. The smallest absolute Gasteiger partial charge is 0.382 e. The molecule has 1 saturated heterocycles. The Kier molecular flexibility index (Phi) is 5.07. The number of aliphatic hydroxyl groups is 1. The number of methoxy groups -OCH3 is 1. The molecule has 0 aliphatic carbocycles. The van der Waals surface area contributed by atoms with Gasteiger partial charge in [0.25, 0.3) is 0 Å². The fourth-order valence-electron chi connectivity index (χ4n) is 2.13. The fraction of sp³-hybridized carbons (Fsp3) is 0.538. The lowest BCUT2D eigenvalue weighted by molar-refractivity contribution is -0.137. The van der Waals surface area contributed by atoms with Crippen LogP contribution >= 0.6 is 0 Å². The van der Waals surface area contributed by atoms with Gasteiger partial charge in [0, 0.05) is 20.4 Å². The number of amides is 2. The van der Waals surface area contributed by atoms with E-state index in [0.717, 1.165) is 22.1 Å². The number of ether oxygens (including phenoxy) is 2. The van der Waals surface area contributed by atoms with E-state index in [9.17, 15) is 23.1 Å². The van der Waals surface area contributed by atoms with Gasteiger partial charge in [-0.3, -0.25) is 4.90 Å². The number of urea groups is 1. The van der Waals surface area contributed by atoms with Crippen LogP contribution in [0.1, 0.15) is 5.56 Å². The van der Waals surface area contributed by atoms with Crippen molar-refractivity contribution in [3.63, 3.8) is 0 Å². The lowest BCUT2D eigenvalue weighted by atomic mass is 10.2. The fourth-order valence-corrected chi connectivity index (χ4v) is 2.13. The highest BCUT2D eigenvalue weighted by atomic mass is 19.4. The number of halogens is 3. The predicted molar refractivity (Wildman–Crippen MR) is 72.5 cm³/mol. The lowest BCUT2D eigenvalue weighted by Crippen LogP contribution is -2.39. The highest BCUT2D eigenvalue weighted by Gasteiger charge is 2.45. The minimum absolute atomic E-state index is 0.111. The highest BCUT2D eigenvalue weighted by Crippen LogP contribution is 2.33. The van der Waals surface area contributed by atoms with E-state index in [0.29, 0.717) is 6.07 Å². The monoisotopic (exact) mass is 335 g/mol. The molecule has 0 saturated carbocycles. The van der Waals surface area contributed by atoms with Crippen LogP contribution in [0.15, 0.2) is 18.3 Å². The zero-order valence-electron chi connectivity index (χ0n) is 12.4. The molecule has 1 fully saturated rings. The van der Waals surface area contributed by atoms with Gasteiger partial charge < -0.3 is 14.6 Å². The first-order valence-electron chi connectivity index (χ1n) is 6.65. The van der Waals surface area contributed by atoms with Gasteiger partial charge >= 0.3 is 12.2 Å². The molecular weight excluding hydrogens is 319 g/mol. The molecule has 10 heteroatoms. The summed E-state index contributed by atoms with van der Waals surface area (Å²) in [6.07, 6.45) is -6.17. The Morgan fingerprint density at radius 1 is 1.39 bits per heavy atom. The van der Waals surface area contributed by atoms with Crippen LogP contribution < -0.4 is 4.90 Å². The van der Waals surface area contributed by atoms with E-state index < -0.39 is 30.2 Å². The van der Waals surface area contributed by atoms with Crippen molar-refractivity contribution in [2.24, 2.45) is 0 Å². The van der Waals surface area contributed by atoms with Gasteiger partial charge in [-0.25, -0.2) is 14.7 Å². The van der Waals surface area contributed by atoms with Gasteiger partial charge in [0.05, 0.1) is 18.8 Å². The van der Waals surface area contributed by atoms with Gasteiger partial charge in [0.15, 0.2) is 12.5 Å². The van der Waals surface area contributed by atoms with Crippen molar-refractivity contribution in [2.45, 2.75) is 18.6 Å². The Bertz CT molecular complexity index is 570. The first kappa shape index (κ1) is 17.4. The van der Waals surface area contributed by atoms with Crippen molar-refractivity contribution >= 4 is 11.8 Å². The van der Waals surface area contributed by atoms with Crippen molar-refractivity contribution in [2.75, 3.05) is 32.3 Å². The summed E-state index contributed by atoms with van der Waals surface area (Å²) < 4.78 is 48.4. The second kappa shape index (κ2) is 6.69. The van der Waals surface area contributed by atoms with Crippen molar-refractivity contribution < 1.29 is 32.5 Å². The summed E-state index contributed by atoms with van der Waals surface area (Å²) in [5.41, 5.74) is -0.964. The normalized spacial score (nSPS) is 22.1. The average molecular weight is 335 g/mol. The molecule has 2 rings (SSSR count). The maximum atomic E-state index is 12.8. The van der Waals surface area contributed by atoms with Crippen LogP contribution in [0.2, 0.25) is 0 Å². The maximum absolute atomic E-state index is 12.8. The van der Waals surface area contributed by atoms with E-state index in [-0.39, 0.29) is 19.0 Å². The summed E-state index contributed by atoms with van der Waals surface area (Å²) in [5.74, 6) is -0.304.